The van der Waals surface area contributed by atoms with Crippen LogP contribution >= 0.6 is 11.3 Å². The molecule has 1 aromatic heterocycles. The highest BCUT2D eigenvalue weighted by molar-refractivity contribution is 7.21. The van der Waals surface area contributed by atoms with Crippen molar-refractivity contribution in [3.05, 3.63) is 34.7 Å². The van der Waals surface area contributed by atoms with Gasteiger partial charge < -0.3 is 10.2 Å². The van der Waals surface area contributed by atoms with E-state index in [2.05, 4.69) is 0 Å². The van der Waals surface area contributed by atoms with Crippen LogP contribution in [-0.4, -0.2) is 40.8 Å². The molecule has 0 aliphatic heterocycles. The van der Waals surface area contributed by atoms with Gasteiger partial charge in [-0.15, -0.1) is 11.3 Å². The van der Waals surface area contributed by atoms with Crippen LogP contribution in [0.15, 0.2) is 24.3 Å². The molecule has 0 aliphatic carbocycles. The van der Waals surface area contributed by atoms with E-state index in [0.29, 0.717) is 18.0 Å². The van der Waals surface area contributed by atoms with Crippen molar-refractivity contribution >= 4 is 27.4 Å². The summed E-state index contributed by atoms with van der Waals surface area (Å²) in [5.41, 5.74) is 0.830. The van der Waals surface area contributed by atoms with Gasteiger partial charge in [0.05, 0.1) is 6.10 Å². The number of carboxylic acids is 1. The van der Waals surface area contributed by atoms with Crippen molar-refractivity contribution in [2.24, 2.45) is 0 Å². The Bertz CT molecular complexity index is 591. The predicted molar refractivity (Wildman–Crippen MR) is 76.8 cm³/mol. The summed E-state index contributed by atoms with van der Waals surface area (Å²) < 4.78 is 0.986. The molecule has 0 aliphatic rings. The molecule has 2 aromatic rings. The van der Waals surface area contributed by atoms with Crippen molar-refractivity contribution in [1.82, 2.24) is 4.90 Å². The van der Waals surface area contributed by atoms with Gasteiger partial charge in [-0.25, -0.2) is 4.79 Å². The monoisotopic (exact) mass is 279 g/mol. The van der Waals surface area contributed by atoms with Crippen LogP contribution < -0.4 is 0 Å². The van der Waals surface area contributed by atoms with E-state index >= 15 is 0 Å². The minimum atomic E-state index is -0.887. The number of aliphatic hydroxyl groups excluding tert-OH is 1. The topological polar surface area (TPSA) is 60.8 Å². The van der Waals surface area contributed by atoms with Crippen LogP contribution in [0.3, 0.4) is 0 Å². The molecule has 0 saturated heterocycles. The smallest absolute Gasteiger partial charge is 0.346 e. The lowest BCUT2D eigenvalue weighted by molar-refractivity contribution is 0.0700. The number of thiophene rings is 1. The lowest BCUT2D eigenvalue weighted by Crippen LogP contribution is -2.27. The van der Waals surface area contributed by atoms with E-state index in [1.165, 1.54) is 11.3 Å². The molecule has 0 amide bonds. The Morgan fingerprint density at radius 3 is 2.74 bits per heavy atom. The van der Waals surface area contributed by atoms with Gasteiger partial charge in [-0.1, -0.05) is 18.2 Å². The van der Waals surface area contributed by atoms with Gasteiger partial charge in [0.15, 0.2) is 0 Å². The fourth-order valence-corrected chi connectivity index (χ4v) is 3.27. The van der Waals surface area contributed by atoms with Crippen LogP contribution in [0, 0.1) is 0 Å². The second-order valence-electron chi connectivity index (χ2n) is 4.76. The largest absolute Gasteiger partial charge is 0.477 e. The second-order valence-corrected chi connectivity index (χ2v) is 5.81. The molecule has 19 heavy (non-hydrogen) atoms. The first kappa shape index (κ1) is 14.0. The summed E-state index contributed by atoms with van der Waals surface area (Å²) in [5.74, 6) is -0.887. The number of benzene rings is 1. The molecule has 1 atom stereocenters. The van der Waals surface area contributed by atoms with Crippen molar-refractivity contribution in [2.45, 2.75) is 19.6 Å². The zero-order valence-corrected chi connectivity index (χ0v) is 11.8. The number of carboxylic acid groups (broad SMARTS) is 1. The Kier molecular flexibility index (Phi) is 4.19. The molecule has 0 fully saturated rings. The molecule has 1 heterocycles. The number of nitrogens with zero attached hydrogens (tertiary/aromatic N) is 1. The lowest BCUT2D eigenvalue weighted by atomic mass is 10.1. The van der Waals surface area contributed by atoms with Crippen LogP contribution in [0.5, 0.6) is 0 Å². The zero-order chi connectivity index (χ0) is 14.0. The van der Waals surface area contributed by atoms with Crippen molar-refractivity contribution in [1.29, 1.82) is 0 Å². The van der Waals surface area contributed by atoms with Crippen LogP contribution in [-0.2, 0) is 6.54 Å². The summed E-state index contributed by atoms with van der Waals surface area (Å²) in [6.45, 7) is 2.76. The van der Waals surface area contributed by atoms with E-state index in [4.69, 9.17) is 0 Å². The fraction of sp³-hybridized carbons (Fsp3) is 0.357. The van der Waals surface area contributed by atoms with Crippen molar-refractivity contribution in [2.75, 3.05) is 13.6 Å². The van der Waals surface area contributed by atoms with Crippen molar-refractivity contribution in [3.63, 3.8) is 0 Å². The molecular weight excluding hydrogens is 262 g/mol. The molecular formula is C14H17NO3S. The number of likely N-dealkylation sites (N-methyl/N-ethyl adjacent to an activating group) is 1. The Hall–Kier alpha value is -1.43. The molecule has 0 saturated carbocycles. The van der Waals surface area contributed by atoms with E-state index in [-0.39, 0.29) is 0 Å². The second kappa shape index (κ2) is 5.69. The quantitative estimate of drug-likeness (QED) is 0.882. The van der Waals surface area contributed by atoms with Gasteiger partial charge in [0.1, 0.15) is 4.88 Å². The van der Waals surface area contributed by atoms with E-state index in [0.717, 1.165) is 15.6 Å². The van der Waals surface area contributed by atoms with Crippen molar-refractivity contribution < 1.29 is 15.0 Å². The SMILES string of the molecule is CC(O)CN(C)Cc1c(C(=O)O)sc2ccccc12. The minimum Gasteiger partial charge on any atom is -0.477 e. The van der Waals surface area contributed by atoms with Gasteiger partial charge in [-0.05, 0) is 31.0 Å². The normalized spacial score (nSPS) is 13.1. The molecule has 5 heteroatoms. The summed E-state index contributed by atoms with van der Waals surface area (Å²) in [7, 11) is 1.88. The summed E-state index contributed by atoms with van der Waals surface area (Å²) in [4.78, 5) is 13.7. The summed E-state index contributed by atoms with van der Waals surface area (Å²) in [5, 5.41) is 19.7. The highest BCUT2D eigenvalue weighted by atomic mass is 32.1. The molecule has 0 spiro atoms. The number of aliphatic hydroxyl groups is 1. The van der Waals surface area contributed by atoms with E-state index in [1.807, 2.05) is 36.2 Å². The summed E-state index contributed by atoms with van der Waals surface area (Å²) >= 11 is 1.30. The molecule has 0 bridgehead atoms. The number of aromatic carboxylic acids is 1. The van der Waals surface area contributed by atoms with Gasteiger partial charge in [-0.3, -0.25) is 4.90 Å². The molecule has 4 nitrogen and oxygen atoms in total. The predicted octanol–water partition coefficient (Wildman–Crippen LogP) is 2.41. The Morgan fingerprint density at radius 2 is 2.11 bits per heavy atom. The van der Waals surface area contributed by atoms with E-state index in [1.54, 1.807) is 6.92 Å². The molecule has 1 aromatic carbocycles. The maximum atomic E-state index is 11.3. The van der Waals surface area contributed by atoms with Gasteiger partial charge in [0.2, 0.25) is 0 Å². The Morgan fingerprint density at radius 1 is 1.42 bits per heavy atom. The summed E-state index contributed by atoms with van der Waals surface area (Å²) in [6, 6.07) is 7.71. The van der Waals surface area contributed by atoms with Crippen LogP contribution in [0.2, 0.25) is 0 Å². The molecule has 0 radical (unpaired) electrons. The number of fused-ring (bicyclic) bond motifs is 1. The highest BCUT2D eigenvalue weighted by Gasteiger charge is 2.18. The van der Waals surface area contributed by atoms with Gasteiger partial charge in [0, 0.05) is 17.8 Å². The first-order valence-corrected chi connectivity index (χ1v) is 6.91. The first-order chi connectivity index (χ1) is 8.99. The third-order valence-electron chi connectivity index (χ3n) is 2.90. The number of hydrogen-bond acceptors (Lipinski definition) is 4. The minimum absolute atomic E-state index is 0.388. The average molecular weight is 279 g/mol. The first-order valence-electron chi connectivity index (χ1n) is 6.09. The van der Waals surface area contributed by atoms with Gasteiger partial charge >= 0.3 is 5.97 Å². The molecule has 2 rings (SSSR count). The van der Waals surface area contributed by atoms with E-state index < -0.39 is 12.1 Å². The van der Waals surface area contributed by atoms with Crippen LogP contribution in [0.4, 0.5) is 0 Å². The standard InChI is InChI=1S/C14H17NO3S/c1-9(16)7-15(2)8-11-10-5-3-4-6-12(10)19-13(11)14(17)18/h3-6,9,16H,7-8H2,1-2H3,(H,17,18). The number of hydrogen-bond donors (Lipinski definition) is 2. The third-order valence-corrected chi connectivity index (χ3v) is 4.10. The number of carbonyl (C=O) groups is 1. The van der Waals surface area contributed by atoms with Crippen LogP contribution in [0.1, 0.15) is 22.2 Å². The Labute approximate surface area is 115 Å². The number of rotatable bonds is 5. The lowest BCUT2D eigenvalue weighted by Gasteiger charge is -2.18. The Balaban J connectivity index is 2.39. The maximum Gasteiger partial charge on any atom is 0.346 e. The van der Waals surface area contributed by atoms with Gasteiger partial charge in [-0.2, -0.15) is 0 Å². The highest BCUT2D eigenvalue weighted by Crippen LogP contribution is 2.32. The van der Waals surface area contributed by atoms with Crippen LogP contribution in [0.25, 0.3) is 10.1 Å². The zero-order valence-electron chi connectivity index (χ0n) is 11.0. The fourth-order valence-electron chi connectivity index (χ4n) is 2.21. The average Bonchev–Trinajstić information content (AvgIpc) is 2.67. The molecule has 102 valence electrons. The third kappa shape index (κ3) is 3.12. The van der Waals surface area contributed by atoms with Gasteiger partial charge in [0.25, 0.3) is 0 Å². The molecule has 2 N–H and O–H groups in total. The summed E-state index contributed by atoms with van der Waals surface area (Å²) in [6.07, 6.45) is -0.428. The maximum absolute atomic E-state index is 11.3. The van der Waals surface area contributed by atoms with E-state index in [9.17, 15) is 15.0 Å². The molecule has 1 unspecified atom stereocenters. The van der Waals surface area contributed by atoms with Crippen molar-refractivity contribution in [3.8, 4) is 0 Å².